The van der Waals surface area contributed by atoms with E-state index < -0.39 is 13.4 Å². The molecule has 6 N–H and O–H groups in total. The first-order chi connectivity index (χ1) is 9.75. The number of carbonyl (C=O) groups is 1. The molecular formula is C12H26O8P2S2. The third-order valence-electron chi connectivity index (χ3n) is 1.64. The Balaban J connectivity index is -0.000000142. The number of aryl methyl sites for hydroxylation is 1. The predicted octanol–water partition coefficient (Wildman–Crippen LogP) is 1.82. The van der Waals surface area contributed by atoms with E-state index in [9.17, 15) is 4.79 Å². The van der Waals surface area contributed by atoms with Gasteiger partial charge in [-0.15, -0.1) is 0 Å². The van der Waals surface area contributed by atoms with Crippen LogP contribution in [0, 0.1) is 6.92 Å². The molecule has 0 aromatic heterocycles. The molecule has 0 aliphatic rings. The molecule has 0 radical (unpaired) electrons. The Hall–Kier alpha value is -0.250. The van der Waals surface area contributed by atoms with Gasteiger partial charge in [-0.3, -0.25) is 0 Å². The van der Waals surface area contributed by atoms with Gasteiger partial charge >= 0.3 is 19.4 Å². The van der Waals surface area contributed by atoms with Gasteiger partial charge in [-0.2, -0.15) is 0 Å². The average Bonchev–Trinajstić information content (AvgIpc) is 2.25. The molecule has 8 nitrogen and oxygen atoms in total. The minimum atomic E-state index is -3.81. The Morgan fingerprint density at radius 1 is 1.00 bits per heavy atom. The molecule has 0 aliphatic heterocycles. The summed E-state index contributed by atoms with van der Waals surface area (Å²) in [6.45, 7) is -3.49. The first-order valence-corrected chi connectivity index (χ1v) is 10.9. The molecule has 0 heterocycles. The lowest BCUT2D eigenvalue weighted by molar-refractivity contribution is 0.0525. The fraction of sp³-hybridized carbons (Fsp3) is 0.417. The number of benzene rings is 1. The number of hydrogen-bond acceptors (Lipinski definition) is 4. The van der Waals surface area contributed by atoms with Crippen molar-refractivity contribution in [2.24, 2.45) is 0 Å². The summed E-state index contributed by atoms with van der Waals surface area (Å²) in [6, 6.07) is 7.40. The Kier molecular flexibility index (Phi) is 19.7. The molecule has 1 aromatic carbocycles. The van der Waals surface area contributed by atoms with E-state index in [2.05, 4.69) is 23.6 Å². The van der Waals surface area contributed by atoms with Crippen LogP contribution in [0.25, 0.3) is 0 Å². The fourth-order valence-corrected chi connectivity index (χ4v) is 1.01. The van der Waals surface area contributed by atoms with E-state index in [1.165, 1.54) is 0 Å². The van der Waals surface area contributed by atoms with Crippen LogP contribution < -0.4 is 0 Å². The Morgan fingerprint density at radius 2 is 1.33 bits per heavy atom. The number of carbonyl (C=O) groups excluding carboxylic acids is 1. The summed E-state index contributed by atoms with van der Waals surface area (Å²) in [7, 11) is 0. The van der Waals surface area contributed by atoms with Gasteiger partial charge in [0, 0.05) is 0 Å². The van der Waals surface area contributed by atoms with Crippen molar-refractivity contribution in [3.05, 3.63) is 35.4 Å². The molecule has 24 heavy (non-hydrogen) atoms. The van der Waals surface area contributed by atoms with Gasteiger partial charge in [-0.1, -0.05) is 33.1 Å². The highest BCUT2D eigenvalue weighted by atomic mass is 32.5. The van der Waals surface area contributed by atoms with E-state index in [0.29, 0.717) is 12.2 Å². The highest BCUT2D eigenvalue weighted by Gasteiger charge is 2.07. The van der Waals surface area contributed by atoms with Crippen LogP contribution in [0.5, 0.6) is 0 Å². The molecule has 1 aromatic rings. The lowest BCUT2D eigenvalue weighted by atomic mass is 10.1. The zero-order valence-electron chi connectivity index (χ0n) is 11.7. The summed E-state index contributed by atoms with van der Waals surface area (Å²) in [5.74, 6) is -0.240. The first kappa shape index (κ1) is 31.5. The van der Waals surface area contributed by atoms with Crippen molar-refractivity contribution in [1.29, 1.82) is 0 Å². The van der Waals surface area contributed by atoms with Crippen LogP contribution in [-0.4, -0.2) is 41.9 Å². The third kappa shape index (κ3) is 29.7. The minimum absolute atomic E-state index is 0. The highest BCUT2D eigenvalue weighted by molar-refractivity contribution is 8.06. The average molecular weight is 424 g/mol. The number of esters is 1. The standard InChI is InChI=1S/C10H12O2.2CH4.2H3O3PS/c1-3-12-10(11)9-7-5-4-6-8(9)2;;;2*1-4(2,3)5/h4-7H,3H2,1-2H3;2*1H4;2*(H3,1,2,3,5). The molecule has 1 rings (SSSR count). The maximum Gasteiger partial charge on any atom is 0.338 e. The van der Waals surface area contributed by atoms with Crippen molar-refractivity contribution < 1.29 is 38.9 Å². The van der Waals surface area contributed by atoms with Crippen molar-refractivity contribution in [2.75, 3.05) is 6.61 Å². The third-order valence-corrected chi connectivity index (χ3v) is 1.64. The van der Waals surface area contributed by atoms with E-state index in [1.807, 2.05) is 25.1 Å². The van der Waals surface area contributed by atoms with E-state index in [4.69, 9.17) is 34.1 Å². The largest absolute Gasteiger partial charge is 0.462 e. The second kappa shape index (κ2) is 15.0. The van der Waals surface area contributed by atoms with Gasteiger partial charge in [0.05, 0.1) is 12.2 Å². The highest BCUT2D eigenvalue weighted by Crippen LogP contribution is 2.26. The van der Waals surface area contributed by atoms with Gasteiger partial charge in [0.15, 0.2) is 0 Å². The summed E-state index contributed by atoms with van der Waals surface area (Å²) < 4.78 is 4.87. The van der Waals surface area contributed by atoms with Crippen molar-refractivity contribution in [3.63, 3.8) is 0 Å². The number of ether oxygens (including phenoxy) is 1. The summed E-state index contributed by atoms with van der Waals surface area (Å²) in [4.78, 5) is 56.6. The second-order valence-electron chi connectivity index (χ2n) is 3.56. The zero-order valence-corrected chi connectivity index (χ0v) is 15.1. The van der Waals surface area contributed by atoms with Gasteiger partial charge in [-0.25, -0.2) is 4.79 Å². The van der Waals surface area contributed by atoms with Gasteiger partial charge in [-0.05, 0) is 49.1 Å². The lowest BCUT2D eigenvalue weighted by Gasteiger charge is -2.03. The minimum Gasteiger partial charge on any atom is -0.462 e. The molecular weight excluding hydrogens is 398 g/mol. The lowest BCUT2D eigenvalue weighted by Crippen LogP contribution is -2.05. The topological polar surface area (TPSA) is 148 Å². The molecule has 0 atom stereocenters. The number of hydrogen-bond donors (Lipinski definition) is 6. The summed E-state index contributed by atoms with van der Waals surface area (Å²) in [5, 5.41) is 0. The second-order valence-corrected chi connectivity index (χ2v) is 8.55. The van der Waals surface area contributed by atoms with Crippen LogP contribution in [0.3, 0.4) is 0 Å². The molecule has 0 saturated carbocycles. The summed E-state index contributed by atoms with van der Waals surface area (Å²) in [6.07, 6.45) is 0. The SMILES string of the molecule is C.C.CCOC(=O)c1ccccc1C.OP(O)(O)=S.OP(O)(O)=S. The van der Waals surface area contributed by atoms with E-state index in [0.717, 1.165) is 5.56 Å². The normalized spacial score (nSPS) is 9.67. The zero-order chi connectivity index (χ0) is 18.0. The maximum absolute atomic E-state index is 11.2. The number of rotatable bonds is 2. The predicted molar refractivity (Wildman–Crippen MR) is 102 cm³/mol. The monoisotopic (exact) mass is 424 g/mol. The maximum atomic E-state index is 11.2. The quantitative estimate of drug-likeness (QED) is 0.307. The van der Waals surface area contributed by atoms with E-state index in [-0.39, 0.29) is 20.8 Å². The smallest absolute Gasteiger partial charge is 0.338 e. The molecule has 144 valence electrons. The van der Waals surface area contributed by atoms with Crippen LogP contribution in [0.2, 0.25) is 0 Å². The molecule has 0 saturated heterocycles. The molecule has 0 amide bonds. The van der Waals surface area contributed by atoms with Crippen molar-refractivity contribution >= 4 is 43.0 Å². The van der Waals surface area contributed by atoms with Crippen molar-refractivity contribution in [2.45, 2.75) is 28.7 Å². The molecule has 0 fully saturated rings. The Bertz CT molecular complexity index is 519. The molecule has 0 bridgehead atoms. The van der Waals surface area contributed by atoms with E-state index in [1.54, 1.807) is 13.0 Å². The molecule has 0 aliphatic carbocycles. The van der Waals surface area contributed by atoms with Gasteiger partial charge in [0.2, 0.25) is 0 Å². The molecule has 0 spiro atoms. The Labute approximate surface area is 152 Å². The van der Waals surface area contributed by atoms with Crippen molar-refractivity contribution in [1.82, 2.24) is 0 Å². The summed E-state index contributed by atoms with van der Waals surface area (Å²) in [5.41, 5.74) is 1.61. The first-order valence-electron chi connectivity index (χ1n) is 5.55. The fourth-order valence-electron chi connectivity index (χ4n) is 1.01. The van der Waals surface area contributed by atoms with Crippen LogP contribution in [-0.2, 0) is 28.4 Å². The molecule has 0 unspecified atom stereocenters. The van der Waals surface area contributed by atoms with Crippen LogP contribution in [0.1, 0.15) is 37.7 Å². The Morgan fingerprint density at radius 3 is 1.62 bits per heavy atom. The molecule has 12 heteroatoms. The van der Waals surface area contributed by atoms with Gasteiger partial charge < -0.3 is 34.1 Å². The van der Waals surface area contributed by atoms with E-state index >= 15 is 0 Å². The van der Waals surface area contributed by atoms with Crippen LogP contribution in [0.15, 0.2) is 24.3 Å². The van der Waals surface area contributed by atoms with Gasteiger partial charge in [0.25, 0.3) is 0 Å². The van der Waals surface area contributed by atoms with Gasteiger partial charge in [0.1, 0.15) is 0 Å². The summed E-state index contributed by atoms with van der Waals surface area (Å²) >= 11 is 7.21. The van der Waals surface area contributed by atoms with Crippen molar-refractivity contribution in [3.8, 4) is 0 Å². The van der Waals surface area contributed by atoms with Crippen LogP contribution >= 0.6 is 13.4 Å². The van der Waals surface area contributed by atoms with Crippen LogP contribution in [0.4, 0.5) is 0 Å².